The fourth-order valence-electron chi connectivity index (χ4n) is 3.01. The highest BCUT2D eigenvalue weighted by Crippen LogP contribution is 2.32. The van der Waals surface area contributed by atoms with Crippen LogP contribution in [0.4, 0.5) is 5.69 Å². The van der Waals surface area contributed by atoms with Gasteiger partial charge in [0.15, 0.2) is 0 Å². The van der Waals surface area contributed by atoms with Gasteiger partial charge in [-0.2, -0.15) is 11.8 Å². The minimum atomic E-state index is 0.171. The maximum Gasteiger partial charge on any atom is 0.220 e. The van der Waals surface area contributed by atoms with Gasteiger partial charge in [-0.25, -0.2) is 0 Å². The number of nitrogens with one attached hydrogen (secondary N) is 2. The molecule has 1 atom stereocenters. The zero-order chi connectivity index (χ0) is 14.5. The van der Waals surface area contributed by atoms with Crippen molar-refractivity contribution in [2.45, 2.75) is 12.3 Å². The molecule has 0 radical (unpaired) electrons. The number of carbonyl (C=O) groups is 1. The van der Waals surface area contributed by atoms with Crippen LogP contribution in [0.3, 0.4) is 0 Å². The summed E-state index contributed by atoms with van der Waals surface area (Å²) in [5.74, 6) is 2.93. The summed E-state index contributed by atoms with van der Waals surface area (Å²) in [5.41, 5.74) is 2.46. The van der Waals surface area contributed by atoms with Gasteiger partial charge in [0, 0.05) is 62.3 Å². The molecule has 0 spiro atoms. The third-order valence-electron chi connectivity index (χ3n) is 4.23. The smallest absolute Gasteiger partial charge is 0.220 e. The van der Waals surface area contributed by atoms with Crippen LogP contribution < -0.4 is 10.6 Å². The van der Waals surface area contributed by atoms with Crippen LogP contribution in [0.15, 0.2) is 24.3 Å². The molecular formula is C16H23N3OS. The van der Waals surface area contributed by atoms with Crippen LogP contribution in [0.5, 0.6) is 0 Å². The maximum absolute atomic E-state index is 12.1. The van der Waals surface area contributed by atoms with Crippen LogP contribution in [0.1, 0.15) is 17.9 Å². The first-order valence-corrected chi connectivity index (χ1v) is 8.88. The van der Waals surface area contributed by atoms with Gasteiger partial charge < -0.3 is 10.6 Å². The number of nitrogens with zero attached hydrogens (tertiary/aromatic N) is 1. The fraction of sp³-hybridized carbons (Fsp3) is 0.562. The van der Waals surface area contributed by atoms with Crippen molar-refractivity contribution < 1.29 is 4.79 Å². The third-order valence-corrected chi connectivity index (χ3v) is 5.17. The van der Waals surface area contributed by atoms with Crippen LogP contribution in [-0.4, -0.2) is 55.0 Å². The standard InChI is InChI=1S/C16H23N3OS/c20-16(17-5-6-19-7-9-21-10-8-19)11-13-12-18-15-4-2-1-3-14(13)15/h1-4,13,18H,5-12H2,(H,17,20). The Kier molecular flexibility index (Phi) is 5.04. The van der Waals surface area contributed by atoms with Gasteiger partial charge >= 0.3 is 0 Å². The number of fused-ring (bicyclic) bond motifs is 1. The second kappa shape index (κ2) is 7.18. The first kappa shape index (κ1) is 14.7. The second-order valence-electron chi connectivity index (χ2n) is 5.67. The first-order chi connectivity index (χ1) is 10.3. The number of thioether (sulfide) groups is 1. The quantitative estimate of drug-likeness (QED) is 0.870. The zero-order valence-corrected chi connectivity index (χ0v) is 13.1. The first-order valence-electron chi connectivity index (χ1n) is 7.72. The van der Waals surface area contributed by atoms with Crippen molar-refractivity contribution in [3.8, 4) is 0 Å². The molecule has 0 aliphatic carbocycles. The van der Waals surface area contributed by atoms with E-state index in [9.17, 15) is 4.79 Å². The molecule has 2 aliphatic heterocycles. The Morgan fingerprint density at radius 1 is 1.33 bits per heavy atom. The third kappa shape index (κ3) is 3.92. The van der Waals surface area contributed by atoms with Gasteiger partial charge in [0.2, 0.25) is 5.91 Å². The normalized spacial score (nSPS) is 21.6. The van der Waals surface area contributed by atoms with Crippen molar-refractivity contribution in [2.24, 2.45) is 0 Å². The average Bonchev–Trinajstić information content (AvgIpc) is 2.92. The Labute approximate surface area is 130 Å². The number of hydrogen-bond acceptors (Lipinski definition) is 4. The molecule has 21 heavy (non-hydrogen) atoms. The Balaban J connectivity index is 1.40. The minimum absolute atomic E-state index is 0.171. The van der Waals surface area contributed by atoms with E-state index in [0.717, 1.165) is 32.7 Å². The van der Waals surface area contributed by atoms with Gasteiger partial charge in [-0.3, -0.25) is 9.69 Å². The molecule has 2 aliphatic rings. The van der Waals surface area contributed by atoms with Crippen molar-refractivity contribution in [2.75, 3.05) is 49.5 Å². The Morgan fingerprint density at radius 3 is 3.00 bits per heavy atom. The molecule has 0 bridgehead atoms. The number of benzene rings is 1. The summed E-state index contributed by atoms with van der Waals surface area (Å²) < 4.78 is 0. The predicted molar refractivity (Wildman–Crippen MR) is 89.1 cm³/mol. The number of anilines is 1. The zero-order valence-electron chi connectivity index (χ0n) is 12.3. The molecule has 5 heteroatoms. The molecule has 0 saturated carbocycles. The predicted octanol–water partition coefficient (Wildman–Crippen LogP) is 1.75. The number of carbonyl (C=O) groups excluding carboxylic acids is 1. The fourth-order valence-corrected chi connectivity index (χ4v) is 3.99. The van der Waals surface area contributed by atoms with Crippen LogP contribution in [0, 0.1) is 0 Å². The lowest BCUT2D eigenvalue weighted by Gasteiger charge is -2.26. The van der Waals surface area contributed by atoms with Gasteiger partial charge in [-0.05, 0) is 11.6 Å². The van der Waals surface area contributed by atoms with Gasteiger partial charge in [-0.1, -0.05) is 18.2 Å². The number of para-hydroxylation sites is 1. The van der Waals surface area contributed by atoms with Crippen LogP contribution in [0.2, 0.25) is 0 Å². The van der Waals surface area contributed by atoms with Crippen molar-refractivity contribution >= 4 is 23.4 Å². The second-order valence-corrected chi connectivity index (χ2v) is 6.90. The Morgan fingerprint density at radius 2 is 2.14 bits per heavy atom. The van der Waals surface area contributed by atoms with E-state index in [1.165, 1.54) is 22.8 Å². The molecule has 3 rings (SSSR count). The molecule has 2 N–H and O–H groups in total. The summed E-state index contributed by atoms with van der Waals surface area (Å²) >= 11 is 2.02. The molecule has 0 aromatic heterocycles. The molecule has 114 valence electrons. The molecule has 1 amide bonds. The average molecular weight is 305 g/mol. The topological polar surface area (TPSA) is 44.4 Å². The summed E-state index contributed by atoms with van der Waals surface area (Å²) in [6.07, 6.45) is 0.583. The molecular weight excluding hydrogens is 282 g/mol. The molecule has 1 saturated heterocycles. The highest BCUT2D eigenvalue weighted by atomic mass is 32.2. The molecule has 2 heterocycles. The minimum Gasteiger partial charge on any atom is -0.384 e. The summed E-state index contributed by atoms with van der Waals surface area (Å²) in [4.78, 5) is 14.5. The summed E-state index contributed by atoms with van der Waals surface area (Å²) in [6, 6.07) is 8.29. The van der Waals surface area contributed by atoms with E-state index in [4.69, 9.17) is 0 Å². The lowest BCUT2D eigenvalue weighted by molar-refractivity contribution is -0.121. The van der Waals surface area contributed by atoms with Crippen LogP contribution >= 0.6 is 11.8 Å². The summed E-state index contributed by atoms with van der Waals surface area (Å²) in [7, 11) is 0. The molecule has 1 fully saturated rings. The van der Waals surface area contributed by atoms with E-state index < -0.39 is 0 Å². The van der Waals surface area contributed by atoms with E-state index in [1.807, 2.05) is 23.9 Å². The van der Waals surface area contributed by atoms with E-state index in [-0.39, 0.29) is 5.91 Å². The van der Waals surface area contributed by atoms with Gasteiger partial charge in [-0.15, -0.1) is 0 Å². The summed E-state index contributed by atoms with van der Waals surface area (Å²) in [6.45, 7) is 4.92. The molecule has 4 nitrogen and oxygen atoms in total. The highest BCUT2D eigenvalue weighted by molar-refractivity contribution is 7.99. The Bertz CT molecular complexity index is 488. The van der Waals surface area contributed by atoms with E-state index >= 15 is 0 Å². The highest BCUT2D eigenvalue weighted by Gasteiger charge is 2.23. The van der Waals surface area contributed by atoms with Crippen LogP contribution in [-0.2, 0) is 4.79 Å². The number of amides is 1. The molecule has 1 unspecified atom stereocenters. The van der Waals surface area contributed by atoms with Gasteiger partial charge in [0.1, 0.15) is 0 Å². The molecule has 1 aromatic rings. The van der Waals surface area contributed by atoms with Crippen molar-refractivity contribution in [3.63, 3.8) is 0 Å². The monoisotopic (exact) mass is 305 g/mol. The van der Waals surface area contributed by atoms with Gasteiger partial charge in [0.05, 0.1) is 0 Å². The van der Waals surface area contributed by atoms with E-state index in [0.29, 0.717) is 12.3 Å². The SMILES string of the molecule is O=C(CC1CNc2ccccc21)NCCN1CCSCC1. The lowest BCUT2D eigenvalue weighted by atomic mass is 9.97. The van der Waals surface area contributed by atoms with E-state index in [2.05, 4.69) is 27.7 Å². The number of rotatable bonds is 5. The Hall–Kier alpha value is -1.20. The lowest BCUT2D eigenvalue weighted by Crippen LogP contribution is -2.39. The van der Waals surface area contributed by atoms with Gasteiger partial charge in [0.25, 0.3) is 0 Å². The van der Waals surface area contributed by atoms with E-state index in [1.54, 1.807) is 0 Å². The van der Waals surface area contributed by atoms with Crippen molar-refractivity contribution in [1.29, 1.82) is 0 Å². The van der Waals surface area contributed by atoms with Crippen molar-refractivity contribution in [1.82, 2.24) is 10.2 Å². The van der Waals surface area contributed by atoms with Crippen LogP contribution in [0.25, 0.3) is 0 Å². The van der Waals surface area contributed by atoms with Crippen molar-refractivity contribution in [3.05, 3.63) is 29.8 Å². The number of hydrogen-bond donors (Lipinski definition) is 2. The largest absolute Gasteiger partial charge is 0.384 e. The molecule has 1 aromatic carbocycles. The maximum atomic E-state index is 12.1. The summed E-state index contributed by atoms with van der Waals surface area (Å²) in [5, 5.41) is 6.45.